The molecule has 1 N–H and O–H groups in total. The smallest absolute Gasteiger partial charge is 0.379 e. The van der Waals surface area contributed by atoms with E-state index in [1.165, 1.54) is 19.1 Å². The topological polar surface area (TPSA) is 20.2 Å². The van der Waals surface area contributed by atoms with Crippen molar-refractivity contribution >= 4 is 15.9 Å². The highest BCUT2D eigenvalue weighted by atomic mass is 79.9. The van der Waals surface area contributed by atoms with Crippen LogP contribution in [0.3, 0.4) is 0 Å². The molecule has 1 aromatic rings. The number of alkyl halides is 3. The zero-order valence-electron chi connectivity index (χ0n) is 7.27. The molecule has 0 aromatic heterocycles. The number of benzene rings is 1. The molecule has 0 radical (unpaired) electrons. The molecule has 0 fully saturated rings. The van der Waals surface area contributed by atoms with Gasteiger partial charge in [-0.3, -0.25) is 0 Å². The minimum Gasteiger partial charge on any atom is -0.379 e. The van der Waals surface area contributed by atoms with Crippen molar-refractivity contribution in [2.24, 2.45) is 0 Å². The molecule has 0 aliphatic carbocycles. The van der Waals surface area contributed by atoms with Gasteiger partial charge in [0, 0.05) is 4.47 Å². The molecule has 1 nitrogen and oxygen atoms in total. The highest BCUT2D eigenvalue weighted by molar-refractivity contribution is 9.10. The molecule has 5 heteroatoms. The van der Waals surface area contributed by atoms with Crippen molar-refractivity contribution in [3.8, 4) is 0 Å². The number of halogens is 4. The maximum Gasteiger partial charge on any atom is 0.418 e. The molecule has 0 amide bonds. The number of aliphatic hydroxyl groups excluding tert-OH is 1. The normalized spacial score (nSPS) is 14.1. The van der Waals surface area contributed by atoms with Crippen molar-refractivity contribution in [1.82, 2.24) is 0 Å². The summed E-state index contributed by atoms with van der Waals surface area (Å²) in [6.45, 7) is 1.52. The van der Waals surface area contributed by atoms with E-state index in [2.05, 4.69) is 15.9 Å². The highest BCUT2D eigenvalue weighted by Crippen LogP contribution is 2.35. The first kappa shape index (κ1) is 11.5. The second-order valence-electron chi connectivity index (χ2n) is 2.90. The first-order chi connectivity index (χ1) is 6.34. The fourth-order valence-corrected chi connectivity index (χ4v) is 1.48. The van der Waals surface area contributed by atoms with Gasteiger partial charge in [0.05, 0.1) is 0 Å². The van der Waals surface area contributed by atoms with Crippen molar-refractivity contribution in [3.05, 3.63) is 33.8 Å². The second-order valence-corrected chi connectivity index (χ2v) is 3.75. The Kier molecular flexibility index (Phi) is 3.21. The molecule has 0 unspecified atom stereocenters. The fourth-order valence-electron chi connectivity index (χ4n) is 1.10. The Labute approximate surface area is 87.7 Å². The molecular weight excluding hydrogens is 261 g/mol. The van der Waals surface area contributed by atoms with Crippen molar-refractivity contribution in [3.63, 3.8) is 0 Å². The van der Waals surface area contributed by atoms with Crippen molar-refractivity contribution in [2.45, 2.75) is 19.2 Å². The first-order valence-corrected chi connectivity index (χ1v) is 4.63. The Morgan fingerprint density at radius 2 is 1.93 bits per heavy atom. The van der Waals surface area contributed by atoms with Crippen LogP contribution >= 0.6 is 15.9 Å². The molecule has 0 bridgehead atoms. The van der Waals surface area contributed by atoms with E-state index in [0.29, 0.717) is 10.0 Å². The van der Waals surface area contributed by atoms with Gasteiger partial charge in [-0.15, -0.1) is 0 Å². The Balaban J connectivity index is 3.14. The number of rotatable bonds is 1. The van der Waals surface area contributed by atoms with Crippen molar-refractivity contribution in [2.75, 3.05) is 0 Å². The molecule has 1 atom stereocenters. The zero-order valence-corrected chi connectivity index (χ0v) is 8.85. The van der Waals surface area contributed by atoms with Gasteiger partial charge < -0.3 is 5.11 Å². The molecule has 0 aliphatic rings. The molecule has 0 saturated heterocycles. The predicted molar refractivity (Wildman–Crippen MR) is 49.9 cm³/mol. The lowest BCUT2D eigenvalue weighted by molar-refractivity contribution is -0.207. The number of hydrogen-bond donors (Lipinski definition) is 1. The Bertz CT molecular complexity index is 335. The summed E-state index contributed by atoms with van der Waals surface area (Å²) >= 11 is 3.10. The monoisotopic (exact) mass is 268 g/mol. The average molecular weight is 269 g/mol. The third-order valence-corrected chi connectivity index (χ3v) is 2.77. The lowest BCUT2D eigenvalue weighted by atomic mass is 10.0. The summed E-state index contributed by atoms with van der Waals surface area (Å²) < 4.78 is 37.1. The summed E-state index contributed by atoms with van der Waals surface area (Å²) in [5.74, 6) is 0. The lowest BCUT2D eigenvalue weighted by Gasteiger charge is -2.17. The molecule has 0 heterocycles. The van der Waals surface area contributed by atoms with Gasteiger partial charge in [0.2, 0.25) is 0 Å². The van der Waals surface area contributed by atoms with Crippen LogP contribution in [-0.2, 0) is 0 Å². The van der Waals surface area contributed by atoms with Crippen LogP contribution in [0.5, 0.6) is 0 Å². The summed E-state index contributed by atoms with van der Waals surface area (Å²) in [7, 11) is 0. The summed E-state index contributed by atoms with van der Waals surface area (Å²) in [6, 6.07) is 4.35. The molecule has 14 heavy (non-hydrogen) atoms. The minimum atomic E-state index is -4.62. The maximum absolute atomic E-state index is 12.2. The lowest BCUT2D eigenvalue weighted by Crippen LogP contribution is -2.21. The molecule has 0 saturated carbocycles. The highest BCUT2D eigenvalue weighted by Gasteiger charge is 2.40. The van der Waals surface area contributed by atoms with E-state index in [1.807, 2.05) is 0 Å². The van der Waals surface area contributed by atoms with E-state index in [1.54, 1.807) is 6.07 Å². The third kappa shape index (κ3) is 2.27. The molecule has 0 aliphatic heterocycles. The maximum atomic E-state index is 12.2. The van der Waals surface area contributed by atoms with Crippen molar-refractivity contribution in [1.29, 1.82) is 0 Å². The predicted octanol–water partition coefficient (Wildman–Crippen LogP) is 3.35. The van der Waals surface area contributed by atoms with Gasteiger partial charge in [-0.2, -0.15) is 13.2 Å². The Morgan fingerprint density at radius 3 is 2.43 bits per heavy atom. The van der Waals surface area contributed by atoms with Crippen LogP contribution < -0.4 is 0 Å². The van der Waals surface area contributed by atoms with Crippen LogP contribution in [0, 0.1) is 6.92 Å². The van der Waals surface area contributed by atoms with Crippen LogP contribution in [0.25, 0.3) is 0 Å². The van der Waals surface area contributed by atoms with Gasteiger partial charge >= 0.3 is 6.18 Å². The molecule has 1 rings (SSSR count). The van der Waals surface area contributed by atoms with Crippen molar-refractivity contribution < 1.29 is 18.3 Å². The van der Waals surface area contributed by atoms with E-state index in [4.69, 9.17) is 5.11 Å². The average Bonchev–Trinajstić information content (AvgIpc) is 2.07. The quantitative estimate of drug-likeness (QED) is 0.828. The van der Waals surface area contributed by atoms with E-state index < -0.39 is 12.3 Å². The van der Waals surface area contributed by atoms with Gasteiger partial charge in [0.1, 0.15) is 0 Å². The number of aliphatic hydroxyl groups is 1. The summed E-state index contributed by atoms with van der Waals surface area (Å²) in [4.78, 5) is 0. The molecule has 78 valence electrons. The van der Waals surface area contributed by atoms with E-state index in [0.717, 1.165) is 0 Å². The Morgan fingerprint density at radius 1 is 1.36 bits per heavy atom. The molecule has 0 spiro atoms. The van der Waals surface area contributed by atoms with E-state index in [9.17, 15) is 13.2 Å². The summed E-state index contributed by atoms with van der Waals surface area (Å²) in [6.07, 6.45) is -7.04. The van der Waals surface area contributed by atoms with E-state index in [-0.39, 0.29) is 5.56 Å². The second kappa shape index (κ2) is 3.90. The number of hydrogen-bond acceptors (Lipinski definition) is 1. The largest absolute Gasteiger partial charge is 0.418 e. The first-order valence-electron chi connectivity index (χ1n) is 3.84. The van der Waals surface area contributed by atoms with E-state index >= 15 is 0 Å². The van der Waals surface area contributed by atoms with Gasteiger partial charge in [-0.25, -0.2) is 0 Å². The Hall–Kier alpha value is -0.550. The molecular formula is C9H8BrF3O. The SMILES string of the molecule is Cc1c(Br)cccc1[C@H](O)C(F)(F)F. The van der Waals surface area contributed by atoms with Gasteiger partial charge in [-0.05, 0) is 24.1 Å². The van der Waals surface area contributed by atoms with Crippen LogP contribution in [0.4, 0.5) is 13.2 Å². The summed E-state index contributed by atoms with van der Waals surface area (Å²) in [5.41, 5.74) is 0.282. The van der Waals surface area contributed by atoms with Crippen LogP contribution in [0.15, 0.2) is 22.7 Å². The van der Waals surface area contributed by atoms with Gasteiger partial charge in [0.25, 0.3) is 0 Å². The van der Waals surface area contributed by atoms with Gasteiger partial charge in [-0.1, -0.05) is 28.1 Å². The summed E-state index contributed by atoms with van der Waals surface area (Å²) in [5, 5.41) is 9.02. The van der Waals surface area contributed by atoms with Gasteiger partial charge in [0.15, 0.2) is 6.10 Å². The standard InChI is InChI=1S/C9H8BrF3O/c1-5-6(3-2-4-7(5)10)8(14)9(11,12)13/h2-4,8,14H,1H3/t8-/m0/s1. The van der Waals surface area contributed by atoms with Crippen LogP contribution in [-0.4, -0.2) is 11.3 Å². The van der Waals surface area contributed by atoms with Crippen LogP contribution in [0.1, 0.15) is 17.2 Å². The minimum absolute atomic E-state index is 0.119. The fraction of sp³-hybridized carbons (Fsp3) is 0.333. The molecule has 1 aromatic carbocycles. The van der Waals surface area contributed by atoms with Crippen LogP contribution in [0.2, 0.25) is 0 Å². The zero-order chi connectivity index (χ0) is 10.9. The third-order valence-electron chi connectivity index (χ3n) is 1.91.